The normalized spacial score (nSPS) is 18.5. The Morgan fingerprint density at radius 3 is 2.21 bits per heavy atom. The van der Waals surface area contributed by atoms with Crippen molar-refractivity contribution >= 4 is 27.5 Å². The van der Waals surface area contributed by atoms with E-state index < -0.39 is 5.41 Å². The number of halogens is 1. The molecule has 1 amide bonds. The zero-order valence-electron chi connectivity index (χ0n) is 18.0. The first-order chi connectivity index (χ1) is 14.0. The lowest BCUT2D eigenvalue weighted by atomic mass is 9.75. The highest BCUT2D eigenvalue weighted by atomic mass is 79.9. The summed E-state index contributed by atoms with van der Waals surface area (Å²) in [6.45, 7) is 7.36. The van der Waals surface area contributed by atoms with Crippen molar-refractivity contribution < 1.29 is 4.79 Å². The second-order valence-corrected chi connectivity index (χ2v) is 9.17. The summed E-state index contributed by atoms with van der Waals surface area (Å²) in [6.07, 6.45) is 5.42. The molecule has 0 bridgehead atoms. The molecule has 0 radical (unpaired) electrons. The number of carbonyl (C=O) groups is 1. The minimum absolute atomic E-state index is 0.222. The minimum Gasteiger partial charge on any atom is -0.314 e. The molecule has 3 rings (SSSR count). The summed E-state index contributed by atoms with van der Waals surface area (Å²) in [7, 11) is 1.92. The van der Waals surface area contributed by atoms with Crippen LogP contribution in [0.15, 0.2) is 53.0 Å². The van der Waals surface area contributed by atoms with Gasteiger partial charge in [-0.15, -0.1) is 0 Å². The molecule has 3 nitrogen and oxygen atoms in total. The van der Waals surface area contributed by atoms with Crippen LogP contribution in [-0.2, 0) is 16.6 Å². The number of hydrogen-bond donors (Lipinski definition) is 0. The summed E-state index contributed by atoms with van der Waals surface area (Å²) in [5.74, 6) is 0.222. The Labute approximate surface area is 184 Å². The number of unbranched alkanes of at least 4 members (excludes halogenated alkanes) is 2. The Bertz CT molecular complexity index is 812. The third kappa shape index (κ3) is 4.75. The molecule has 4 heteroatoms. The van der Waals surface area contributed by atoms with Gasteiger partial charge in [0.1, 0.15) is 0 Å². The molecule has 2 aromatic rings. The van der Waals surface area contributed by atoms with E-state index in [4.69, 9.17) is 0 Å². The number of para-hydroxylation sites is 1. The van der Waals surface area contributed by atoms with Crippen LogP contribution < -0.4 is 4.90 Å². The van der Waals surface area contributed by atoms with Crippen LogP contribution in [0, 0.1) is 0 Å². The first-order valence-electron chi connectivity index (χ1n) is 10.9. The lowest BCUT2D eigenvalue weighted by molar-refractivity contribution is -0.123. The van der Waals surface area contributed by atoms with Crippen LogP contribution in [0.4, 0.5) is 5.69 Å². The van der Waals surface area contributed by atoms with Gasteiger partial charge in [-0.25, -0.2) is 0 Å². The van der Waals surface area contributed by atoms with E-state index in [1.54, 1.807) is 0 Å². The topological polar surface area (TPSA) is 23.6 Å². The zero-order valence-corrected chi connectivity index (χ0v) is 19.5. The number of amides is 1. The number of fused-ring (bicyclic) bond motifs is 1. The standard InChI is InChI=1S/C25H33BrN2O/c1-4-6-16-28(17-7-5-2)19-25(18-20-12-14-21(26)15-13-20)22-10-8-9-11-23(22)27(3)24(25)29/h8-15H,4-7,16-19H2,1-3H3. The molecule has 0 N–H and O–H groups in total. The van der Waals surface area contributed by atoms with E-state index >= 15 is 0 Å². The van der Waals surface area contributed by atoms with Crippen LogP contribution in [0.5, 0.6) is 0 Å². The van der Waals surface area contributed by atoms with Gasteiger partial charge < -0.3 is 9.80 Å². The van der Waals surface area contributed by atoms with Crippen molar-refractivity contribution in [1.29, 1.82) is 0 Å². The van der Waals surface area contributed by atoms with Crippen LogP contribution in [-0.4, -0.2) is 37.5 Å². The van der Waals surface area contributed by atoms with E-state index in [0.29, 0.717) is 0 Å². The molecule has 0 spiro atoms. The molecule has 1 aliphatic heterocycles. The molecule has 0 fully saturated rings. The number of likely N-dealkylation sites (N-methyl/N-ethyl adjacent to an activating group) is 1. The second kappa shape index (κ2) is 9.90. The van der Waals surface area contributed by atoms with E-state index in [1.807, 2.05) is 18.0 Å². The maximum absolute atomic E-state index is 13.7. The molecule has 1 heterocycles. The zero-order chi connectivity index (χ0) is 20.9. The lowest BCUT2D eigenvalue weighted by Crippen LogP contribution is -2.49. The second-order valence-electron chi connectivity index (χ2n) is 8.25. The fourth-order valence-corrected chi connectivity index (χ4v) is 4.73. The van der Waals surface area contributed by atoms with E-state index in [1.165, 1.54) is 36.8 Å². The van der Waals surface area contributed by atoms with Crippen LogP contribution in [0.3, 0.4) is 0 Å². The van der Waals surface area contributed by atoms with Gasteiger partial charge in [-0.2, -0.15) is 0 Å². The summed E-state index contributed by atoms with van der Waals surface area (Å²) in [5.41, 5.74) is 2.91. The highest BCUT2D eigenvalue weighted by Gasteiger charge is 2.50. The van der Waals surface area contributed by atoms with Gasteiger partial charge in [0, 0.05) is 23.8 Å². The lowest BCUT2D eigenvalue weighted by Gasteiger charge is -2.35. The van der Waals surface area contributed by atoms with Crippen molar-refractivity contribution in [1.82, 2.24) is 4.90 Å². The number of nitrogens with zero attached hydrogens (tertiary/aromatic N) is 2. The number of anilines is 1. The highest BCUT2D eigenvalue weighted by molar-refractivity contribution is 9.10. The van der Waals surface area contributed by atoms with Crippen LogP contribution in [0.1, 0.15) is 50.7 Å². The Balaban J connectivity index is 2.01. The summed E-state index contributed by atoms with van der Waals surface area (Å²) in [6, 6.07) is 16.8. The Hall–Kier alpha value is -1.65. The third-order valence-electron chi connectivity index (χ3n) is 6.06. The van der Waals surface area contributed by atoms with Crippen molar-refractivity contribution in [3.8, 4) is 0 Å². The first-order valence-corrected chi connectivity index (χ1v) is 11.7. The molecule has 0 saturated carbocycles. The van der Waals surface area contributed by atoms with E-state index in [0.717, 1.165) is 36.2 Å². The Morgan fingerprint density at radius 1 is 0.966 bits per heavy atom. The average molecular weight is 457 g/mol. The number of carbonyl (C=O) groups excluding carboxylic acids is 1. The molecule has 1 atom stereocenters. The fraction of sp³-hybridized carbons (Fsp3) is 0.480. The largest absolute Gasteiger partial charge is 0.314 e. The van der Waals surface area contributed by atoms with Gasteiger partial charge in [0.15, 0.2) is 0 Å². The van der Waals surface area contributed by atoms with Gasteiger partial charge in [-0.05, 0) is 61.7 Å². The van der Waals surface area contributed by atoms with Crippen molar-refractivity contribution in [2.24, 2.45) is 0 Å². The molecule has 156 valence electrons. The van der Waals surface area contributed by atoms with Gasteiger partial charge in [0.05, 0.1) is 5.41 Å². The average Bonchev–Trinajstić information content (AvgIpc) is 2.94. The van der Waals surface area contributed by atoms with Crippen molar-refractivity contribution in [2.45, 2.75) is 51.4 Å². The van der Waals surface area contributed by atoms with Gasteiger partial charge in [-0.1, -0.05) is 73.0 Å². The van der Waals surface area contributed by atoms with Crippen molar-refractivity contribution in [3.05, 3.63) is 64.1 Å². The minimum atomic E-state index is -0.527. The Kier molecular flexibility index (Phi) is 7.53. The molecule has 1 unspecified atom stereocenters. The molecule has 2 aromatic carbocycles. The smallest absolute Gasteiger partial charge is 0.239 e. The van der Waals surface area contributed by atoms with E-state index in [2.05, 4.69) is 77.1 Å². The molecule has 29 heavy (non-hydrogen) atoms. The highest BCUT2D eigenvalue weighted by Crippen LogP contribution is 2.44. The maximum atomic E-state index is 13.7. The molecular formula is C25H33BrN2O. The summed E-state index contributed by atoms with van der Waals surface area (Å²) >= 11 is 3.53. The van der Waals surface area contributed by atoms with Crippen molar-refractivity contribution in [2.75, 3.05) is 31.6 Å². The Morgan fingerprint density at radius 2 is 1.59 bits per heavy atom. The molecule has 1 aliphatic rings. The summed E-state index contributed by atoms with van der Waals surface area (Å²) in [4.78, 5) is 18.1. The van der Waals surface area contributed by atoms with Gasteiger partial charge in [0.25, 0.3) is 0 Å². The van der Waals surface area contributed by atoms with E-state index in [9.17, 15) is 4.79 Å². The molecule has 0 aliphatic carbocycles. The SMILES string of the molecule is CCCCN(CCCC)CC1(Cc2ccc(Br)cc2)C(=O)N(C)c2ccccc21. The summed E-state index contributed by atoms with van der Waals surface area (Å²) in [5, 5.41) is 0. The molecule has 0 saturated heterocycles. The fourth-order valence-electron chi connectivity index (χ4n) is 4.46. The first kappa shape index (κ1) is 22.0. The van der Waals surface area contributed by atoms with Gasteiger partial charge in [0.2, 0.25) is 5.91 Å². The monoisotopic (exact) mass is 456 g/mol. The number of benzene rings is 2. The third-order valence-corrected chi connectivity index (χ3v) is 6.59. The summed E-state index contributed by atoms with van der Waals surface area (Å²) < 4.78 is 1.07. The van der Waals surface area contributed by atoms with Crippen LogP contribution in [0.2, 0.25) is 0 Å². The number of hydrogen-bond acceptors (Lipinski definition) is 2. The van der Waals surface area contributed by atoms with Crippen LogP contribution >= 0.6 is 15.9 Å². The predicted octanol–water partition coefficient (Wildman–Crippen LogP) is 5.81. The predicted molar refractivity (Wildman–Crippen MR) is 126 cm³/mol. The number of rotatable bonds is 10. The van der Waals surface area contributed by atoms with Gasteiger partial charge in [-0.3, -0.25) is 4.79 Å². The van der Waals surface area contributed by atoms with Crippen molar-refractivity contribution in [3.63, 3.8) is 0 Å². The molecule has 0 aromatic heterocycles. The van der Waals surface area contributed by atoms with Gasteiger partial charge >= 0.3 is 0 Å². The molecular weight excluding hydrogens is 424 g/mol. The maximum Gasteiger partial charge on any atom is 0.239 e. The van der Waals surface area contributed by atoms with Crippen LogP contribution in [0.25, 0.3) is 0 Å². The van der Waals surface area contributed by atoms with E-state index in [-0.39, 0.29) is 5.91 Å². The quantitative estimate of drug-likeness (QED) is 0.450.